The third-order valence-electron chi connectivity index (χ3n) is 2.47. The molecule has 1 atom stereocenters. The maximum absolute atomic E-state index is 11.7. The topological polar surface area (TPSA) is 29.5 Å². The van der Waals surface area contributed by atoms with Crippen molar-refractivity contribution in [2.45, 2.75) is 39.7 Å². The van der Waals surface area contributed by atoms with Gasteiger partial charge in [-0.05, 0) is 34.1 Å². The van der Waals surface area contributed by atoms with Crippen molar-refractivity contribution in [2.24, 2.45) is 5.41 Å². The standard InChI is InChI=1S/C12H19NO2/c1-6-12(5)7-8-13(9-12)10(14)15-11(2,3)4/h1H,7-9H2,2-5H3. The van der Waals surface area contributed by atoms with E-state index in [1.165, 1.54) is 0 Å². The highest BCUT2D eigenvalue weighted by Crippen LogP contribution is 2.29. The molecular formula is C12H19NO2. The molecule has 0 radical (unpaired) electrons. The number of likely N-dealkylation sites (tertiary alicyclic amines) is 1. The first-order valence-corrected chi connectivity index (χ1v) is 5.21. The van der Waals surface area contributed by atoms with Crippen molar-refractivity contribution in [3.8, 4) is 12.3 Å². The Morgan fingerprint density at radius 1 is 1.53 bits per heavy atom. The summed E-state index contributed by atoms with van der Waals surface area (Å²) in [5, 5.41) is 0. The molecule has 1 saturated heterocycles. The summed E-state index contributed by atoms with van der Waals surface area (Å²) in [4.78, 5) is 13.4. The Balaban J connectivity index is 2.56. The van der Waals surface area contributed by atoms with Crippen molar-refractivity contribution in [2.75, 3.05) is 13.1 Å². The number of carbonyl (C=O) groups is 1. The molecule has 3 heteroatoms. The molecule has 1 aliphatic rings. The summed E-state index contributed by atoms with van der Waals surface area (Å²) < 4.78 is 5.28. The number of carbonyl (C=O) groups excluding carboxylic acids is 1. The van der Waals surface area contributed by atoms with E-state index in [0.29, 0.717) is 13.1 Å². The third-order valence-corrected chi connectivity index (χ3v) is 2.47. The van der Waals surface area contributed by atoms with Gasteiger partial charge in [0, 0.05) is 18.5 Å². The molecular weight excluding hydrogens is 190 g/mol. The van der Waals surface area contributed by atoms with Gasteiger partial charge in [0.05, 0.1) is 0 Å². The molecule has 1 amide bonds. The van der Waals surface area contributed by atoms with Gasteiger partial charge in [-0.25, -0.2) is 4.79 Å². The summed E-state index contributed by atoms with van der Waals surface area (Å²) in [6, 6.07) is 0. The molecule has 0 spiro atoms. The molecule has 0 aromatic rings. The Labute approximate surface area is 91.8 Å². The summed E-state index contributed by atoms with van der Waals surface area (Å²) in [7, 11) is 0. The van der Waals surface area contributed by atoms with Crippen molar-refractivity contribution in [1.29, 1.82) is 0 Å². The number of rotatable bonds is 0. The fourth-order valence-electron chi connectivity index (χ4n) is 1.56. The minimum absolute atomic E-state index is 0.184. The van der Waals surface area contributed by atoms with Crippen molar-refractivity contribution in [3.63, 3.8) is 0 Å². The fraction of sp³-hybridized carbons (Fsp3) is 0.750. The molecule has 3 nitrogen and oxygen atoms in total. The van der Waals surface area contributed by atoms with Gasteiger partial charge in [-0.15, -0.1) is 6.42 Å². The average molecular weight is 209 g/mol. The third kappa shape index (κ3) is 3.16. The van der Waals surface area contributed by atoms with E-state index in [9.17, 15) is 4.79 Å². The van der Waals surface area contributed by atoms with E-state index in [1.54, 1.807) is 4.90 Å². The first kappa shape index (κ1) is 11.9. The van der Waals surface area contributed by atoms with Gasteiger partial charge >= 0.3 is 6.09 Å². The van der Waals surface area contributed by atoms with Crippen LogP contribution < -0.4 is 0 Å². The minimum atomic E-state index is -0.438. The fourth-order valence-corrected chi connectivity index (χ4v) is 1.56. The monoisotopic (exact) mass is 209 g/mol. The molecule has 0 N–H and O–H groups in total. The van der Waals surface area contributed by atoms with Gasteiger partial charge in [-0.2, -0.15) is 0 Å². The molecule has 1 fully saturated rings. The second kappa shape index (κ2) is 3.77. The molecule has 0 aromatic carbocycles. The van der Waals surface area contributed by atoms with E-state index < -0.39 is 5.60 Å². The molecule has 1 rings (SSSR count). The summed E-state index contributed by atoms with van der Waals surface area (Å²) in [5.74, 6) is 2.74. The lowest BCUT2D eigenvalue weighted by atomic mass is 9.91. The van der Waals surface area contributed by atoms with Gasteiger partial charge in [0.15, 0.2) is 0 Å². The van der Waals surface area contributed by atoms with Gasteiger partial charge in [-0.3, -0.25) is 0 Å². The molecule has 1 heterocycles. The van der Waals surface area contributed by atoms with Crippen molar-refractivity contribution >= 4 is 6.09 Å². The van der Waals surface area contributed by atoms with Crippen LogP contribution in [0.2, 0.25) is 0 Å². The lowest BCUT2D eigenvalue weighted by Crippen LogP contribution is -2.36. The Morgan fingerprint density at radius 3 is 2.53 bits per heavy atom. The number of terminal acetylenes is 1. The second-order valence-corrected chi connectivity index (χ2v) is 5.36. The van der Waals surface area contributed by atoms with Crippen molar-refractivity contribution in [3.05, 3.63) is 0 Å². The maximum atomic E-state index is 11.7. The van der Waals surface area contributed by atoms with E-state index >= 15 is 0 Å². The molecule has 84 valence electrons. The van der Waals surface area contributed by atoms with Crippen molar-refractivity contribution < 1.29 is 9.53 Å². The van der Waals surface area contributed by atoms with Crippen LogP contribution in [0.1, 0.15) is 34.1 Å². The smallest absolute Gasteiger partial charge is 0.410 e. The average Bonchev–Trinajstić information content (AvgIpc) is 2.46. The minimum Gasteiger partial charge on any atom is -0.444 e. The molecule has 1 unspecified atom stereocenters. The van der Waals surface area contributed by atoms with Crippen molar-refractivity contribution in [1.82, 2.24) is 4.90 Å². The first-order valence-electron chi connectivity index (χ1n) is 5.21. The Kier molecular flexibility index (Phi) is 2.99. The van der Waals surface area contributed by atoms with E-state index in [0.717, 1.165) is 6.42 Å². The van der Waals surface area contributed by atoms with Crippen LogP contribution in [-0.4, -0.2) is 29.7 Å². The Bertz CT molecular complexity index is 298. The van der Waals surface area contributed by atoms with Crippen LogP contribution in [0.4, 0.5) is 4.79 Å². The molecule has 1 aliphatic heterocycles. The number of amides is 1. The zero-order valence-electron chi connectivity index (χ0n) is 9.96. The van der Waals surface area contributed by atoms with Crippen LogP contribution in [0.15, 0.2) is 0 Å². The lowest BCUT2D eigenvalue weighted by Gasteiger charge is -2.25. The zero-order valence-corrected chi connectivity index (χ0v) is 9.96. The second-order valence-electron chi connectivity index (χ2n) is 5.36. The maximum Gasteiger partial charge on any atom is 0.410 e. The van der Waals surface area contributed by atoms with E-state index in [-0.39, 0.29) is 11.5 Å². The lowest BCUT2D eigenvalue weighted by molar-refractivity contribution is 0.0283. The number of ether oxygens (including phenoxy) is 1. The Hall–Kier alpha value is -1.17. The van der Waals surface area contributed by atoms with Gasteiger partial charge in [-0.1, -0.05) is 5.92 Å². The van der Waals surface area contributed by atoms with Crippen LogP contribution >= 0.6 is 0 Å². The molecule has 15 heavy (non-hydrogen) atoms. The highest BCUT2D eigenvalue weighted by molar-refractivity contribution is 5.68. The molecule has 0 bridgehead atoms. The molecule has 0 aromatic heterocycles. The van der Waals surface area contributed by atoms with Crippen LogP contribution in [0.25, 0.3) is 0 Å². The summed E-state index contributed by atoms with van der Waals surface area (Å²) in [6.45, 7) is 8.87. The predicted molar refractivity (Wildman–Crippen MR) is 59.4 cm³/mol. The highest BCUT2D eigenvalue weighted by atomic mass is 16.6. The zero-order chi connectivity index (χ0) is 11.7. The van der Waals surface area contributed by atoms with Gasteiger partial charge in [0.25, 0.3) is 0 Å². The highest BCUT2D eigenvalue weighted by Gasteiger charge is 2.36. The summed E-state index contributed by atoms with van der Waals surface area (Å²) in [6.07, 6.45) is 6.02. The predicted octanol–water partition coefficient (Wildman–Crippen LogP) is 2.27. The van der Waals surface area contributed by atoms with Gasteiger partial charge in [0.2, 0.25) is 0 Å². The quantitative estimate of drug-likeness (QED) is 0.573. The Morgan fingerprint density at radius 2 is 2.13 bits per heavy atom. The summed E-state index contributed by atoms with van der Waals surface area (Å²) >= 11 is 0. The van der Waals surface area contributed by atoms with Crippen LogP contribution in [0, 0.1) is 17.8 Å². The van der Waals surface area contributed by atoms with E-state index in [1.807, 2.05) is 27.7 Å². The normalized spacial score (nSPS) is 26.2. The van der Waals surface area contributed by atoms with Crippen LogP contribution in [-0.2, 0) is 4.74 Å². The van der Waals surface area contributed by atoms with Gasteiger partial charge < -0.3 is 9.64 Å². The molecule has 0 saturated carbocycles. The first-order chi connectivity index (χ1) is 6.76. The number of hydrogen-bond donors (Lipinski definition) is 0. The molecule has 0 aliphatic carbocycles. The summed E-state index contributed by atoms with van der Waals surface area (Å²) in [5.41, 5.74) is -0.622. The van der Waals surface area contributed by atoms with Gasteiger partial charge in [0.1, 0.15) is 5.60 Å². The largest absolute Gasteiger partial charge is 0.444 e. The van der Waals surface area contributed by atoms with E-state index in [2.05, 4.69) is 5.92 Å². The van der Waals surface area contributed by atoms with Crippen LogP contribution in [0.5, 0.6) is 0 Å². The number of hydrogen-bond acceptors (Lipinski definition) is 2. The van der Waals surface area contributed by atoms with Crippen LogP contribution in [0.3, 0.4) is 0 Å². The van der Waals surface area contributed by atoms with E-state index in [4.69, 9.17) is 11.2 Å². The number of nitrogens with zero attached hydrogens (tertiary/aromatic N) is 1. The SMILES string of the molecule is C#CC1(C)CCN(C(=O)OC(C)(C)C)C1.